The van der Waals surface area contributed by atoms with Gasteiger partial charge in [-0.15, -0.1) is 0 Å². The molecule has 2 aromatic heterocycles. The maximum atomic E-state index is 14.0. The molecular formula is C29H38F3N7O2. The zero-order valence-corrected chi connectivity index (χ0v) is 23.8. The Morgan fingerprint density at radius 1 is 1.17 bits per heavy atom. The molecule has 12 heteroatoms. The summed E-state index contributed by atoms with van der Waals surface area (Å²) in [5.41, 5.74) is 6.63. The van der Waals surface area contributed by atoms with Crippen LogP contribution in [0.2, 0.25) is 0 Å². The van der Waals surface area contributed by atoms with Gasteiger partial charge in [-0.3, -0.25) is 4.79 Å². The molecule has 222 valence electrons. The quantitative estimate of drug-likeness (QED) is 0.523. The zero-order valence-electron chi connectivity index (χ0n) is 23.8. The van der Waals surface area contributed by atoms with Crippen LogP contribution in [0.3, 0.4) is 0 Å². The number of likely N-dealkylation sites (tertiary alicyclic amines) is 1. The number of anilines is 2. The van der Waals surface area contributed by atoms with Gasteiger partial charge < -0.3 is 25.2 Å². The van der Waals surface area contributed by atoms with E-state index in [1.165, 1.54) is 12.1 Å². The number of rotatable bonds is 6. The van der Waals surface area contributed by atoms with Gasteiger partial charge in [-0.2, -0.15) is 23.1 Å². The Kier molecular flexibility index (Phi) is 8.13. The molecule has 41 heavy (non-hydrogen) atoms. The zero-order chi connectivity index (χ0) is 29.5. The van der Waals surface area contributed by atoms with Gasteiger partial charge in [-0.25, -0.2) is 4.98 Å². The monoisotopic (exact) mass is 573 g/mol. The molecule has 1 aliphatic carbocycles. The minimum absolute atomic E-state index is 0.0408. The van der Waals surface area contributed by atoms with Crippen LogP contribution >= 0.6 is 0 Å². The Labute approximate surface area is 238 Å². The number of carbonyl (C=O) groups excluding carboxylic acids is 1. The van der Waals surface area contributed by atoms with Crippen molar-refractivity contribution in [3.8, 4) is 6.01 Å². The van der Waals surface area contributed by atoms with Crippen LogP contribution in [-0.4, -0.2) is 82.6 Å². The van der Waals surface area contributed by atoms with E-state index in [1.54, 1.807) is 4.90 Å². The molecule has 2 aliphatic heterocycles. The number of hydrogen-bond donors (Lipinski definition) is 1. The molecule has 3 aliphatic rings. The molecule has 9 nitrogen and oxygen atoms in total. The third-order valence-electron chi connectivity index (χ3n) is 8.74. The van der Waals surface area contributed by atoms with Gasteiger partial charge in [0.05, 0.1) is 17.0 Å². The van der Waals surface area contributed by atoms with Gasteiger partial charge in [-0.05, 0) is 70.3 Å². The Morgan fingerprint density at radius 2 is 1.95 bits per heavy atom. The third-order valence-corrected chi connectivity index (χ3v) is 8.74. The van der Waals surface area contributed by atoms with Gasteiger partial charge in [-0.1, -0.05) is 13.5 Å². The number of nitrogens with two attached hydrogens (primary N) is 1. The average molecular weight is 574 g/mol. The SMILES string of the molecule is C=CC(=O)N1CCN(c2nc(OC[C@@H]3CCCN3C)nc3c2C[C@@H](C)[C@H](c2nc(N)ccc2C(F)(F)F)C3)[C@@H](C)C1. The molecule has 5 rings (SSSR count). The lowest BCUT2D eigenvalue weighted by atomic mass is 9.75. The van der Waals surface area contributed by atoms with Gasteiger partial charge in [0.25, 0.3) is 0 Å². The Hall–Kier alpha value is -3.41. The van der Waals surface area contributed by atoms with Gasteiger partial charge in [0.2, 0.25) is 5.91 Å². The number of pyridine rings is 1. The van der Waals surface area contributed by atoms with E-state index >= 15 is 0 Å². The van der Waals surface area contributed by atoms with Crippen LogP contribution in [0.1, 0.15) is 55.1 Å². The highest BCUT2D eigenvalue weighted by Crippen LogP contribution is 2.44. The van der Waals surface area contributed by atoms with Crippen molar-refractivity contribution in [2.45, 2.75) is 63.7 Å². The number of piperazine rings is 1. The van der Waals surface area contributed by atoms with E-state index in [1.807, 2.05) is 13.8 Å². The molecular weight excluding hydrogens is 535 g/mol. The first kappa shape index (κ1) is 29.1. The predicted molar refractivity (Wildman–Crippen MR) is 150 cm³/mol. The highest BCUT2D eigenvalue weighted by molar-refractivity contribution is 5.87. The van der Waals surface area contributed by atoms with Gasteiger partial charge in [0.15, 0.2) is 0 Å². The summed E-state index contributed by atoms with van der Waals surface area (Å²) in [5.74, 6) is -0.0287. The van der Waals surface area contributed by atoms with E-state index in [0.29, 0.717) is 38.4 Å². The minimum atomic E-state index is -4.55. The molecule has 2 aromatic rings. The molecule has 1 amide bonds. The molecule has 2 fully saturated rings. The lowest BCUT2D eigenvalue weighted by molar-refractivity contribution is -0.138. The normalized spacial score (nSPS) is 25.2. The van der Waals surface area contributed by atoms with Crippen LogP contribution in [0.15, 0.2) is 24.8 Å². The fraction of sp³-hybridized carbons (Fsp3) is 0.586. The molecule has 0 radical (unpaired) electrons. The number of hydrogen-bond acceptors (Lipinski definition) is 8. The summed E-state index contributed by atoms with van der Waals surface area (Å²) in [7, 11) is 2.06. The summed E-state index contributed by atoms with van der Waals surface area (Å²) in [6.45, 7) is 10.6. The molecule has 2 N–H and O–H groups in total. The van der Waals surface area contributed by atoms with Gasteiger partial charge in [0, 0.05) is 43.2 Å². The van der Waals surface area contributed by atoms with Crippen molar-refractivity contribution >= 4 is 17.5 Å². The Morgan fingerprint density at radius 3 is 2.61 bits per heavy atom. The smallest absolute Gasteiger partial charge is 0.418 e. The highest BCUT2D eigenvalue weighted by atomic mass is 19.4. The first-order valence-electron chi connectivity index (χ1n) is 14.2. The summed E-state index contributed by atoms with van der Waals surface area (Å²) in [6.07, 6.45) is -0.373. The number of aromatic nitrogens is 3. The minimum Gasteiger partial charge on any atom is -0.462 e. The molecule has 4 heterocycles. The van der Waals surface area contributed by atoms with Crippen LogP contribution in [0, 0.1) is 5.92 Å². The largest absolute Gasteiger partial charge is 0.462 e. The molecule has 0 saturated carbocycles. The van der Waals surface area contributed by atoms with Crippen molar-refractivity contribution in [3.63, 3.8) is 0 Å². The first-order chi connectivity index (χ1) is 19.5. The maximum absolute atomic E-state index is 14.0. The lowest BCUT2D eigenvalue weighted by Gasteiger charge is -2.42. The summed E-state index contributed by atoms with van der Waals surface area (Å²) >= 11 is 0. The third kappa shape index (κ3) is 5.98. The van der Waals surface area contributed by atoms with E-state index in [0.717, 1.165) is 36.8 Å². The van der Waals surface area contributed by atoms with Crippen LogP contribution in [-0.2, 0) is 23.8 Å². The molecule has 2 saturated heterocycles. The van der Waals surface area contributed by atoms with Crippen LogP contribution < -0.4 is 15.4 Å². The molecule has 0 aromatic carbocycles. The first-order valence-corrected chi connectivity index (χ1v) is 14.2. The van der Waals surface area contributed by atoms with Crippen molar-refractivity contribution in [2.75, 3.05) is 50.5 Å². The summed E-state index contributed by atoms with van der Waals surface area (Å²) in [5, 5.41) is 0. The number of nitrogen functional groups attached to an aromatic ring is 1. The number of nitrogens with zero attached hydrogens (tertiary/aromatic N) is 6. The topological polar surface area (TPSA) is 101 Å². The number of alkyl halides is 3. The van der Waals surface area contributed by atoms with Crippen LogP contribution in [0.25, 0.3) is 0 Å². The predicted octanol–water partition coefficient (Wildman–Crippen LogP) is 3.69. The number of fused-ring (bicyclic) bond motifs is 1. The average Bonchev–Trinajstić information content (AvgIpc) is 3.34. The highest BCUT2D eigenvalue weighted by Gasteiger charge is 2.41. The second-order valence-electron chi connectivity index (χ2n) is 11.5. The fourth-order valence-electron chi connectivity index (χ4n) is 6.39. The van der Waals surface area contributed by atoms with E-state index in [4.69, 9.17) is 20.4 Å². The lowest BCUT2D eigenvalue weighted by Crippen LogP contribution is -2.54. The maximum Gasteiger partial charge on any atom is 0.418 e. The summed E-state index contributed by atoms with van der Waals surface area (Å²) in [6, 6.07) is 2.65. The summed E-state index contributed by atoms with van der Waals surface area (Å²) in [4.78, 5) is 32.3. The second kappa shape index (κ2) is 11.5. The van der Waals surface area contributed by atoms with Crippen molar-refractivity contribution in [3.05, 3.63) is 47.3 Å². The van der Waals surface area contributed by atoms with Gasteiger partial charge in [0.1, 0.15) is 18.2 Å². The van der Waals surface area contributed by atoms with E-state index in [2.05, 4.69) is 28.4 Å². The number of carbonyl (C=O) groups is 1. The molecule has 4 atom stereocenters. The molecule has 0 spiro atoms. The number of ether oxygens (including phenoxy) is 1. The standard InChI is InChI=1S/C29H38F3N7O2/c1-5-25(40)38-11-12-39(18(3)15-38)27-21-13-17(2)20(26-22(29(30,31)32)8-9-24(33)35-26)14-23(21)34-28(36-27)41-16-19-7-6-10-37(19)4/h5,8-9,17-20H,1,6-7,10-16H2,2-4H3,(H2,33,35)/t17-,18+,19+,20-/m1/s1. The summed E-state index contributed by atoms with van der Waals surface area (Å²) < 4.78 is 48.1. The molecule has 0 bridgehead atoms. The number of halogens is 3. The van der Waals surface area contributed by atoms with E-state index < -0.39 is 17.7 Å². The number of amides is 1. The Balaban J connectivity index is 1.51. The molecule has 0 unspecified atom stereocenters. The van der Waals surface area contributed by atoms with Crippen molar-refractivity contribution in [1.82, 2.24) is 24.8 Å². The second-order valence-corrected chi connectivity index (χ2v) is 11.5. The fourth-order valence-corrected chi connectivity index (χ4v) is 6.39. The van der Waals surface area contributed by atoms with Crippen LogP contribution in [0.4, 0.5) is 24.8 Å². The van der Waals surface area contributed by atoms with Crippen molar-refractivity contribution in [1.29, 1.82) is 0 Å². The van der Waals surface area contributed by atoms with Gasteiger partial charge >= 0.3 is 12.2 Å². The van der Waals surface area contributed by atoms with E-state index in [-0.39, 0.29) is 47.9 Å². The number of likely N-dealkylation sites (N-methyl/N-ethyl adjacent to an activating group) is 1. The van der Waals surface area contributed by atoms with Crippen molar-refractivity contribution < 1.29 is 22.7 Å². The van der Waals surface area contributed by atoms with E-state index in [9.17, 15) is 18.0 Å². The van der Waals surface area contributed by atoms with Crippen LogP contribution in [0.5, 0.6) is 6.01 Å². The Bertz CT molecular complexity index is 1300. The van der Waals surface area contributed by atoms with Crippen molar-refractivity contribution in [2.24, 2.45) is 5.92 Å².